The lowest BCUT2D eigenvalue weighted by Gasteiger charge is -2.00. The van der Waals surface area contributed by atoms with Gasteiger partial charge in [0.25, 0.3) is 0 Å². The third-order valence-electron chi connectivity index (χ3n) is 3.74. The lowest BCUT2D eigenvalue weighted by atomic mass is 10.1. The average molecular weight is 364 g/mol. The minimum Gasteiger partial charge on any atom is -0.389 e. The molecule has 3 rings (SSSR count). The van der Waals surface area contributed by atoms with Gasteiger partial charge in [-0.05, 0) is 31.9 Å². The van der Waals surface area contributed by atoms with Gasteiger partial charge in [-0.3, -0.25) is 4.79 Å². The van der Waals surface area contributed by atoms with E-state index in [9.17, 15) is 4.79 Å². The smallest absolute Gasteiger partial charge is 0.159 e. The number of ketones is 1. The van der Waals surface area contributed by atoms with Crippen LogP contribution in [0, 0.1) is 0 Å². The summed E-state index contributed by atoms with van der Waals surface area (Å²) in [6, 6.07) is 28.4. The third-order valence-corrected chi connectivity index (χ3v) is 3.74. The molecule has 3 nitrogen and oxygen atoms in total. The fourth-order valence-corrected chi connectivity index (χ4v) is 2.14. The molecule has 0 aliphatic heterocycles. The fourth-order valence-electron chi connectivity index (χ4n) is 2.14. The Morgan fingerprint density at radius 2 is 0.926 bits per heavy atom. The molecule has 0 aliphatic rings. The number of carbonyl (C=O) groups excluding carboxylic acids is 1. The predicted molar refractivity (Wildman–Crippen MR) is 111 cm³/mol. The van der Waals surface area contributed by atoms with Crippen molar-refractivity contribution in [2.24, 2.45) is 0 Å². The van der Waals surface area contributed by atoms with Crippen LogP contribution in [-0.2, 0) is 0 Å². The average Bonchev–Trinajstić information content (AvgIpc) is 2.71. The van der Waals surface area contributed by atoms with Crippen molar-refractivity contribution in [3.63, 3.8) is 0 Å². The van der Waals surface area contributed by atoms with E-state index in [4.69, 9.17) is 10.2 Å². The molecule has 0 saturated heterocycles. The molecule has 0 amide bonds. The summed E-state index contributed by atoms with van der Waals surface area (Å²) < 4.78 is 0. The quantitative estimate of drug-likeness (QED) is 0.614. The van der Waals surface area contributed by atoms with Gasteiger partial charge < -0.3 is 10.2 Å². The molecule has 0 unspecified atom stereocenters. The zero-order chi connectivity index (χ0) is 20.1. The molecule has 0 fully saturated rings. The Kier molecular flexibility index (Phi) is 10.4. The summed E-state index contributed by atoms with van der Waals surface area (Å²) in [6.07, 6.45) is -0.683. The van der Waals surface area contributed by atoms with E-state index in [2.05, 4.69) is 0 Å². The third kappa shape index (κ3) is 9.50. The van der Waals surface area contributed by atoms with Crippen molar-refractivity contribution < 1.29 is 15.0 Å². The van der Waals surface area contributed by atoms with Gasteiger partial charge in [0.05, 0.1) is 12.2 Å². The van der Waals surface area contributed by atoms with E-state index in [1.54, 1.807) is 20.8 Å². The molecule has 0 spiro atoms. The summed E-state index contributed by atoms with van der Waals surface area (Å²) >= 11 is 0. The standard InChI is InChI=1S/2C8H10O.C8H8O/c3*1-7(9)8-5-3-2-4-6-8/h2*2-7,9H,1H3;2-6H,1H3/t2*7-;/m10./s1. The van der Waals surface area contributed by atoms with Gasteiger partial charge in [0.1, 0.15) is 0 Å². The van der Waals surface area contributed by atoms with Crippen LogP contribution in [0.2, 0.25) is 0 Å². The highest BCUT2D eigenvalue weighted by Gasteiger charge is 1.96. The number of Topliss-reactive ketones (excluding diaryl/α,β-unsaturated/α-hetero) is 1. The number of aliphatic hydroxyl groups excluding tert-OH is 2. The molecule has 0 bridgehead atoms. The predicted octanol–water partition coefficient (Wildman–Crippen LogP) is 5.37. The second-order valence-electron chi connectivity index (χ2n) is 6.10. The summed E-state index contributed by atoms with van der Waals surface area (Å²) in [5.41, 5.74) is 2.72. The maximum atomic E-state index is 10.6. The summed E-state index contributed by atoms with van der Waals surface area (Å²) in [5, 5.41) is 18.0. The first-order valence-corrected chi connectivity index (χ1v) is 8.93. The lowest BCUT2D eigenvalue weighted by molar-refractivity contribution is 0.101. The molecule has 27 heavy (non-hydrogen) atoms. The van der Waals surface area contributed by atoms with E-state index in [1.807, 2.05) is 91.0 Å². The lowest BCUT2D eigenvalue weighted by Crippen LogP contribution is -1.88. The summed E-state index contributed by atoms with van der Waals surface area (Å²) in [5.74, 6) is 0.121. The number of rotatable bonds is 3. The zero-order valence-corrected chi connectivity index (χ0v) is 16.1. The molecule has 3 heteroatoms. The van der Waals surface area contributed by atoms with Gasteiger partial charge >= 0.3 is 0 Å². The topological polar surface area (TPSA) is 57.5 Å². The van der Waals surface area contributed by atoms with Crippen LogP contribution >= 0.6 is 0 Å². The molecule has 0 heterocycles. The van der Waals surface area contributed by atoms with Crippen LogP contribution in [0.1, 0.15) is 54.5 Å². The maximum absolute atomic E-state index is 10.6. The Bertz CT molecular complexity index is 708. The van der Waals surface area contributed by atoms with Crippen LogP contribution in [0.25, 0.3) is 0 Å². The second-order valence-corrected chi connectivity index (χ2v) is 6.10. The van der Waals surface area contributed by atoms with E-state index in [0.717, 1.165) is 16.7 Å². The van der Waals surface area contributed by atoms with Crippen molar-refractivity contribution >= 4 is 5.78 Å². The second kappa shape index (κ2) is 12.6. The Morgan fingerprint density at radius 1 is 0.630 bits per heavy atom. The number of carbonyl (C=O) groups is 1. The molecule has 3 aromatic carbocycles. The molecule has 0 aliphatic carbocycles. The van der Waals surface area contributed by atoms with Gasteiger partial charge in [-0.1, -0.05) is 91.0 Å². The van der Waals surface area contributed by atoms with Crippen molar-refractivity contribution in [2.75, 3.05) is 0 Å². The molecule has 3 aromatic rings. The van der Waals surface area contributed by atoms with Crippen molar-refractivity contribution in [3.8, 4) is 0 Å². The van der Waals surface area contributed by atoms with Crippen LogP contribution < -0.4 is 0 Å². The molecule has 0 saturated carbocycles. The van der Waals surface area contributed by atoms with E-state index in [1.165, 1.54) is 0 Å². The van der Waals surface area contributed by atoms with Gasteiger partial charge in [0.15, 0.2) is 5.78 Å². The number of benzene rings is 3. The van der Waals surface area contributed by atoms with Gasteiger partial charge in [-0.2, -0.15) is 0 Å². The van der Waals surface area contributed by atoms with Crippen LogP contribution in [0.15, 0.2) is 91.0 Å². The molecule has 0 aromatic heterocycles. The van der Waals surface area contributed by atoms with Crippen LogP contribution in [0.3, 0.4) is 0 Å². The van der Waals surface area contributed by atoms with Crippen LogP contribution in [0.5, 0.6) is 0 Å². The zero-order valence-electron chi connectivity index (χ0n) is 16.1. The van der Waals surface area contributed by atoms with E-state index < -0.39 is 0 Å². The van der Waals surface area contributed by atoms with Crippen molar-refractivity contribution in [2.45, 2.75) is 33.0 Å². The van der Waals surface area contributed by atoms with E-state index in [0.29, 0.717) is 0 Å². The minimum atomic E-state index is -0.341. The van der Waals surface area contributed by atoms with E-state index >= 15 is 0 Å². The Balaban J connectivity index is 0.000000202. The van der Waals surface area contributed by atoms with Crippen LogP contribution in [0.4, 0.5) is 0 Å². The molecular weight excluding hydrogens is 336 g/mol. The maximum Gasteiger partial charge on any atom is 0.159 e. The highest BCUT2D eigenvalue weighted by atomic mass is 16.3. The molecular formula is C24H28O3. The van der Waals surface area contributed by atoms with Gasteiger partial charge in [-0.15, -0.1) is 0 Å². The summed E-state index contributed by atoms with van der Waals surface area (Å²) in [4.78, 5) is 10.6. The largest absolute Gasteiger partial charge is 0.389 e. The molecule has 142 valence electrons. The highest BCUT2D eigenvalue weighted by Crippen LogP contribution is 2.09. The van der Waals surface area contributed by atoms with Crippen molar-refractivity contribution in [3.05, 3.63) is 108 Å². The monoisotopic (exact) mass is 364 g/mol. The first-order valence-electron chi connectivity index (χ1n) is 8.93. The number of hydrogen-bond acceptors (Lipinski definition) is 3. The fraction of sp³-hybridized carbons (Fsp3) is 0.208. The summed E-state index contributed by atoms with van der Waals surface area (Å²) in [7, 11) is 0. The molecule has 0 radical (unpaired) electrons. The van der Waals surface area contributed by atoms with Gasteiger partial charge in [0.2, 0.25) is 0 Å². The van der Waals surface area contributed by atoms with Crippen molar-refractivity contribution in [1.29, 1.82) is 0 Å². The van der Waals surface area contributed by atoms with Crippen molar-refractivity contribution in [1.82, 2.24) is 0 Å². The highest BCUT2D eigenvalue weighted by molar-refractivity contribution is 5.93. The van der Waals surface area contributed by atoms with E-state index in [-0.39, 0.29) is 18.0 Å². The first-order chi connectivity index (χ1) is 12.9. The Morgan fingerprint density at radius 3 is 1.11 bits per heavy atom. The molecule has 2 atom stereocenters. The molecule has 2 N–H and O–H groups in total. The normalized spacial score (nSPS) is 11.7. The first kappa shape index (κ1) is 22.3. The minimum absolute atomic E-state index is 0.121. The number of aliphatic hydroxyl groups is 2. The van der Waals surface area contributed by atoms with Gasteiger partial charge in [0, 0.05) is 5.56 Å². The Hall–Kier alpha value is -2.75. The van der Waals surface area contributed by atoms with Gasteiger partial charge in [-0.25, -0.2) is 0 Å². The van der Waals surface area contributed by atoms with Crippen LogP contribution in [-0.4, -0.2) is 16.0 Å². The SMILES string of the molecule is CC(=O)c1ccccc1.C[C@@H](O)c1ccccc1.C[C@H](O)c1ccccc1. The Labute approximate surface area is 161 Å². The summed E-state index contributed by atoms with van der Waals surface area (Å²) in [6.45, 7) is 5.08. The number of hydrogen-bond donors (Lipinski definition) is 2.